The van der Waals surface area contributed by atoms with Crippen LogP contribution >= 0.6 is 0 Å². The van der Waals surface area contributed by atoms with Crippen molar-refractivity contribution in [2.45, 2.75) is 58.3 Å². The molecule has 1 aliphatic rings. The molecule has 0 aliphatic carbocycles. The van der Waals surface area contributed by atoms with Crippen molar-refractivity contribution in [2.75, 3.05) is 0 Å². The molecular weight excluding hydrogens is 200 g/mol. The summed E-state index contributed by atoms with van der Waals surface area (Å²) in [6.45, 7) is 3.99. The average molecular weight is 224 g/mol. The fourth-order valence-electron chi connectivity index (χ4n) is 1.88. The first-order valence-electron chi connectivity index (χ1n) is 6.29. The highest BCUT2D eigenvalue weighted by molar-refractivity contribution is 4.94. The number of hydrogen-bond donors (Lipinski definition) is 2. The molecule has 0 saturated heterocycles. The first-order chi connectivity index (χ1) is 7.75. The van der Waals surface area contributed by atoms with Crippen molar-refractivity contribution >= 4 is 0 Å². The lowest BCUT2D eigenvalue weighted by Crippen LogP contribution is -2.40. The molecule has 1 rings (SSSR count). The maximum atomic E-state index is 9.52. The third-order valence-corrected chi connectivity index (χ3v) is 2.80. The normalized spacial score (nSPS) is 21.7. The molecule has 16 heavy (non-hydrogen) atoms. The molecule has 1 heterocycles. The highest BCUT2D eigenvalue weighted by atomic mass is 16.3. The summed E-state index contributed by atoms with van der Waals surface area (Å²) in [5, 5.41) is 12.8. The van der Waals surface area contributed by atoms with Crippen molar-refractivity contribution in [1.82, 2.24) is 10.2 Å². The molecule has 0 aromatic heterocycles. The van der Waals surface area contributed by atoms with E-state index in [2.05, 4.69) is 24.4 Å². The van der Waals surface area contributed by atoms with E-state index >= 15 is 0 Å². The molecule has 2 N–H and O–H groups in total. The first kappa shape index (κ1) is 13.1. The molecule has 0 aromatic rings. The van der Waals surface area contributed by atoms with Crippen LogP contribution in [0.1, 0.15) is 46.0 Å². The van der Waals surface area contributed by atoms with Crippen LogP contribution in [0.25, 0.3) is 0 Å². The number of aliphatic hydroxyl groups excluding tert-OH is 1. The molecule has 3 heteroatoms. The maximum absolute atomic E-state index is 9.52. The van der Waals surface area contributed by atoms with Gasteiger partial charge in [0.2, 0.25) is 0 Å². The largest absolute Gasteiger partial charge is 0.374 e. The Balaban J connectivity index is 2.13. The summed E-state index contributed by atoms with van der Waals surface area (Å²) >= 11 is 0. The molecule has 0 fully saturated rings. The van der Waals surface area contributed by atoms with Crippen LogP contribution in [0.5, 0.6) is 0 Å². The van der Waals surface area contributed by atoms with E-state index in [-0.39, 0.29) is 6.17 Å². The molecule has 92 valence electrons. The Bertz CT molecular complexity index is 236. The number of nitrogens with zero attached hydrogens (tertiary/aromatic N) is 1. The lowest BCUT2D eigenvalue weighted by Gasteiger charge is -2.27. The van der Waals surface area contributed by atoms with Crippen molar-refractivity contribution in [3.8, 4) is 0 Å². The van der Waals surface area contributed by atoms with E-state index in [0.717, 1.165) is 19.3 Å². The predicted molar refractivity (Wildman–Crippen MR) is 67.5 cm³/mol. The highest BCUT2D eigenvalue weighted by Crippen LogP contribution is 2.14. The number of nitrogens with one attached hydrogen (secondary N) is 1. The fraction of sp³-hybridized carbons (Fsp3) is 0.692. The van der Waals surface area contributed by atoms with Crippen LogP contribution in [0, 0.1) is 0 Å². The van der Waals surface area contributed by atoms with Crippen LogP contribution < -0.4 is 5.32 Å². The summed E-state index contributed by atoms with van der Waals surface area (Å²) in [5.41, 5.74) is 0. The fourth-order valence-corrected chi connectivity index (χ4v) is 1.88. The zero-order chi connectivity index (χ0) is 11.8. The number of aliphatic hydroxyl groups is 1. The summed E-state index contributed by atoms with van der Waals surface area (Å²) in [6.07, 6.45) is 14.0. The smallest absolute Gasteiger partial charge is 0.125 e. The second-order valence-corrected chi connectivity index (χ2v) is 4.27. The van der Waals surface area contributed by atoms with Crippen LogP contribution in [-0.4, -0.2) is 22.4 Å². The van der Waals surface area contributed by atoms with E-state index in [4.69, 9.17) is 0 Å². The van der Waals surface area contributed by atoms with Crippen molar-refractivity contribution in [1.29, 1.82) is 0 Å². The van der Waals surface area contributed by atoms with Gasteiger partial charge in [-0.1, -0.05) is 25.5 Å². The minimum absolute atomic E-state index is 0.263. The zero-order valence-electron chi connectivity index (χ0n) is 10.4. The van der Waals surface area contributed by atoms with Crippen LogP contribution in [0.2, 0.25) is 0 Å². The van der Waals surface area contributed by atoms with Gasteiger partial charge in [0.05, 0.1) is 0 Å². The predicted octanol–water partition coefficient (Wildman–Crippen LogP) is 2.55. The molecule has 0 radical (unpaired) electrons. The van der Waals surface area contributed by atoms with Gasteiger partial charge in [0.15, 0.2) is 0 Å². The van der Waals surface area contributed by atoms with Gasteiger partial charge >= 0.3 is 0 Å². The summed E-state index contributed by atoms with van der Waals surface area (Å²) in [7, 11) is 0. The van der Waals surface area contributed by atoms with Gasteiger partial charge in [0, 0.05) is 12.4 Å². The minimum atomic E-state index is -0.410. The van der Waals surface area contributed by atoms with Gasteiger partial charge in [-0.15, -0.1) is 0 Å². The van der Waals surface area contributed by atoms with E-state index in [9.17, 15) is 5.11 Å². The average Bonchev–Trinajstić information content (AvgIpc) is 2.71. The van der Waals surface area contributed by atoms with Crippen LogP contribution in [0.3, 0.4) is 0 Å². The zero-order valence-corrected chi connectivity index (χ0v) is 10.4. The molecule has 3 nitrogen and oxygen atoms in total. The number of unbranched alkanes of at least 4 members (excludes halogenated alkanes) is 2. The van der Waals surface area contributed by atoms with Crippen LogP contribution in [-0.2, 0) is 0 Å². The summed E-state index contributed by atoms with van der Waals surface area (Å²) in [6, 6.07) is 0. The van der Waals surface area contributed by atoms with E-state index in [0.29, 0.717) is 0 Å². The topological polar surface area (TPSA) is 35.5 Å². The second-order valence-electron chi connectivity index (χ2n) is 4.27. The molecule has 2 unspecified atom stereocenters. The Kier molecular flexibility index (Phi) is 6.01. The Hall–Kier alpha value is -0.960. The molecule has 0 amide bonds. The maximum Gasteiger partial charge on any atom is 0.125 e. The minimum Gasteiger partial charge on any atom is -0.374 e. The second kappa shape index (κ2) is 7.34. The molecular formula is C13H24N2O. The lowest BCUT2D eigenvalue weighted by atomic mass is 10.1. The standard InChI is InChI=1S/C13H24N2O/c1-3-4-5-6-7-8-9-13-14-10-11-15(13)12(2)16/h5-6,10-14,16H,3-4,7-9H2,1-2H3/b6-5+. The van der Waals surface area contributed by atoms with Crippen molar-refractivity contribution in [3.05, 3.63) is 24.6 Å². The van der Waals surface area contributed by atoms with Gasteiger partial charge < -0.3 is 15.3 Å². The van der Waals surface area contributed by atoms with E-state index < -0.39 is 6.23 Å². The van der Waals surface area contributed by atoms with E-state index in [1.165, 1.54) is 12.8 Å². The summed E-state index contributed by atoms with van der Waals surface area (Å²) in [5.74, 6) is 0. The Labute approximate surface area is 98.8 Å². The quantitative estimate of drug-likeness (QED) is 0.515. The number of hydrogen-bond acceptors (Lipinski definition) is 3. The number of allylic oxidation sites excluding steroid dienone is 2. The van der Waals surface area contributed by atoms with Crippen LogP contribution in [0.4, 0.5) is 0 Å². The van der Waals surface area contributed by atoms with Gasteiger partial charge in [0.1, 0.15) is 12.4 Å². The van der Waals surface area contributed by atoms with E-state index in [1.54, 1.807) is 6.92 Å². The summed E-state index contributed by atoms with van der Waals surface area (Å²) in [4.78, 5) is 1.95. The van der Waals surface area contributed by atoms with Crippen molar-refractivity contribution in [2.24, 2.45) is 0 Å². The van der Waals surface area contributed by atoms with Gasteiger partial charge in [-0.2, -0.15) is 0 Å². The lowest BCUT2D eigenvalue weighted by molar-refractivity contribution is 0.0257. The van der Waals surface area contributed by atoms with Gasteiger partial charge in [-0.25, -0.2) is 0 Å². The van der Waals surface area contributed by atoms with Gasteiger partial charge in [0.25, 0.3) is 0 Å². The van der Waals surface area contributed by atoms with Crippen LogP contribution in [0.15, 0.2) is 24.6 Å². The first-order valence-corrected chi connectivity index (χ1v) is 6.29. The SMILES string of the molecule is CCC/C=C/CCCC1NC=CN1C(C)O. The highest BCUT2D eigenvalue weighted by Gasteiger charge is 2.20. The monoisotopic (exact) mass is 224 g/mol. The van der Waals surface area contributed by atoms with E-state index in [1.807, 2.05) is 17.3 Å². The third kappa shape index (κ3) is 4.27. The molecule has 2 atom stereocenters. The molecule has 0 saturated carbocycles. The Morgan fingerprint density at radius 3 is 2.88 bits per heavy atom. The molecule has 0 aromatic carbocycles. The molecule has 1 aliphatic heterocycles. The number of rotatable bonds is 7. The molecule has 0 spiro atoms. The van der Waals surface area contributed by atoms with Gasteiger partial charge in [-0.05, 0) is 32.6 Å². The van der Waals surface area contributed by atoms with Crippen molar-refractivity contribution < 1.29 is 5.11 Å². The summed E-state index contributed by atoms with van der Waals surface area (Å²) < 4.78 is 0. The Morgan fingerprint density at radius 2 is 2.19 bits per heavy atom. The van der Waals surface area contributed by atoms with Crippen molar-refractivity contribution in [3.63, 3.8) is 0 Å². The molecule has 0 bridgehead atoms. The third-order valence-electron chi connectivity index (χ3n) is 2.80. The van der Waals surface area contributed by atoms with Gasteiger partial charge in [-0.3, -0.25) is 0 Å². The Morgan fingerprint density at radius 1 is 1.44 bits per heavy atom.